The molecule has 2 atom stereocenters. The number of hydrogen-bond acceptors (Lipinski definition) is 4. The van der Waals surface area contributed by atoms with Gasteiger partial charge in [-0.1, -0.05) is 12.1 Å². The van der Waals surface area contributed by atoms with Gasteiger partial charge in [0.05, 0.1) is 12.1 Å². The summed E-state index contributed by atoms with van der Waals surface area (Å²) in [7, 11) is 0. The summed E-state index contributed by atoms with van der Waals surface area (Å²) in [5, 5.41) is 8.13. The summed E-state index contributed by atoms with van der Waals surface area (Å²) in [5.41, 5.74) is 1.00. The molecular weight excluding hydrogens is 320 g/mol. The lowest BCUT2D eigenvalue weighted by Gasteiger charge is -2.27. The van der Waals surface area contributed by atoms with Crippen molar-refractivity contribution in [3.63, 3.8) is 0 Å². The van der Waals surface area contributed by atoms with Gasteiger partial charge in [-0.25, -0.2) is 4.79 Å². The van der Waals surface area contributed by atoms with Crippen LogP contribution in [0.4, 0.5) is 4.79 Å². The summed E-state index contributed by atoms with van der Waals surface area (Å²) in [6, 6.07) is 8.16. The van der Waals surface area contributed by atoms with E-state index < -0.39 is 0 Å². The van der Waals surface area contributed by atoms with Gasteiger partial charge in [0.1, 0.15) is 0 Å². The lowest BCUT2D eigenvalue weighted by molar-refractivity contribution is 0.220. The largest absolute Gasteiger partial charge is 0.336 e. The Morgan fingerprint density at radius 3 is 2.83 bits per heavy atom. The molecule has 2 aromatic rings. The topological polar surface area (TPSA) is 57.3 Å². The van der Waals surface area contributed by atoms with E-state index in [2.05, 4.69) is 38.0 Å². The van der Waals surface area contributed by atoms with Crippen LogP contribution in [0, 0.1) is 0 Å². The van der Waals surface area contributed by atoms with Gasteiger partial charge in [-0.2, -0.15) is 0 Å². The van der Waals surface area contributed by atoms with Gasteiger partial charge in [0.15, 0.2) is 0 Å². The second-order valence-corrected chi connectivity index (χ2v) is 7.12. The van der Waals surface area contributed by atoms with Crippen LogP contribution >= 0.6 is 11.3 Å². The Morgan fingerprint density at radius 2 is 2.17 bits per heavy atom. The molecule has 1 aliphatic rings. The van der Waals surface area contributed by atoms with E-state index in [0.717, 1.165) is 18.7 Å². The second-order valence-electron chi connectivity index (χ2n) is 6.14. The average molecular weight is 344 g/mol. The number of amides is 2. The molecule has 0 aromatic carbocycles. The van der Waals surface area contributed by atoms with Crippen molar-refractivity contribution in [2.75, 3.05) is 19.6 Å². The van der Waals surface area contributed by atoms with Crippen LogP contribution in [0.15, 0.2) is 42.0 Å². The van der Waals surface area contributed by atoms with Gasteiger partial charge in [-0.3, -0.25) is 9.88 Å². The zero-order valence-electron chi connectivity index (χ0n) is 13.9. The highest BCUT2D eigenvalue weighted by Gasteiger charge is 2.24. The maximum absolute atomic E-state index is 12.3. The lowest BCUT2D eigenvalue weighted by atomic mass is 10.1. The summed E-state index contributed by atoms with van der Waals surface area (Å²) in [4.78, 5) is 20.1. The number of hydrogen-bond donors (Lipinski definition) is 2. The van der Waals surface area contributed by atoms with E-state index in [1.54, 1.807) is 23.7 Å². The molecule has 0 bridgehead atoms. The van der Waals surface area contributed by atoms with Gasteiger partial charge in [-0.15, -0.1) is 11.3 Å². The third kappa shape index (κ3) is 4.33. The molecule has 0 radical (unpaired) electrons. The minimum Gasteiger partial charge on any atom is -0.336 e. The standard InChI is InChI=1S/C18H24N4OS/c1-14(15-6-4-8-19-12-15)21-18(23)20-13-16(17-7-5-11-24-17)22-9-2-3-10-22/h4-8,11-12,14,16H,2-3,9-10,13H2,1H3,(H2,20,21,23). The molecule has 0 spiro atoms. The third-order valence-corrected chi connectivity index (χ3v) is 5.41. The number of carbonyl (C=O) groups excluding carboxylic acids is 1. The highest BCUT2D eigenvalue weighted by atomic mass is 32.1. The van der Waals surface area contributed by atoms with Crippen LogP contribution in [0.5, 0.6) is 0 Å². The number of pyridine rings is 1. The van der Waals surface area contributed by atoms with Gasteiger partial charge < -0.3 is 10.6 Å². The highest BCUT2D eigenvalue weighted by molar-refractivity contribution is 7.10. The van der Waals surface area contributed by atoms with Crippen LogP contribution in [0.25, 0.3) is 0 Å². The fourth-order valence-electron chi connectivity index (χ4n) is 3.10. The molecule has 2 N–H and O–H groups in total. The second kappa shape index (κ2) is 8.26. The predicted molar refractivity (Wildman–Crippen MR) is 97.1 cm³/mol. The van der Waals surface area contributed by atoms with Crippen molar-refractivity contribution in [3.05, 3.63) is 52.5 Å². The van der Waals surface area contributed by atoms with Crippen molar-refractivity contribution in [3.8, 4) is 0 Å². The number of urea groups is 1. The third-order valence-electron chi connectivity index (χ3n) is 4.44. The summed E-state index contributed by atoms with van der Waals surface area (Å²) in [6.45, 7) is 4.82. The summed E-state index contributed by atoms with van der Waals surface area (Å²) in [6.07, 6.45) is 6.00. The number of carbonyl (C=O) groups is 1. The zero-order chi connectivity index (χ0) is 16.8. The van der Waals surface area contributed by atoms with Crippen LogP contribution in [0.3, 0.4) is 0 Å². The van der Waals surface area contributed by atoms with E-state index in [-0.39, 0.29) is 18.1 Å². The first-order chi connectivity index (χ1) is 11.7. The molecule has 3 heterocycles. The fourth-order valence-corrected chi connectivity index (χ4v) is 3.96. The van der Waals surface area contributed by atoms with Crippen LogP contribution in [0.2, 0.25) is 0 Å². The normalized spacial score (nSPS) is 17.4. The lowest BCUT2D eigenvalue weighted by Crippen LogP contribution is -2.42. The van der Waals surface area contributed by atoms with E-state index in [9.17, 15) is 4.79 Å². The van der Waals surface area contributed by atoms with Crippen LogP contribution in [-0.2, 0) is 0 Å². The molecule has 0 aliphatic carbocycles. The molecule has 1 saturated heterocycles. The minimum atomic E-state index is -0.132. The molecule has 2 amide bonds. The van der Waals surface area contributed by atoms with E-state index in [0.29, 0.717) is 6.54 Å². The Balaban J connectivity index is 1.55. The first-order valence-corrected chi connectivity index (χ1v) is 9.34. The molecule has 128 valence electrons. The molecule has 1 aliphatic heterocycles. The maximum Gasteiger partial charge on any atom is 0.315 e. The van der Waals surface area contributed by atoms with E-state index in [1.807, 2.05) is 19.1 Å². The van der Waals surface area contributed by atoms with Crippen LogP contribution in [0.1, 0.15) is 42.3 Å². The van der Waals surface area contributed by atoms with Gasteiger partial charge in [0, 0.05) is 23.8 Å². The molecule has 6 heteroatoms. The Hall–Kier alpha value is -1.92. The number of nitrogens with zero attached hydrogens (tertiary/aromatic N) is 2. The molecule has 24 heavy (non-hydrogen) atoms. The Labute approximate surface area is 147 Å². The average Bonchev–Trinajstić information content (AvgIpc) is 3.30. The fraction of sp³-hybridized carbons (Fsp3) is 0.444. The van der Waals surface area contributed by atoms with Gasteiger partial charge in [0.25, 0.3) is 0 Å². The maximum atomic E-state index is 12.3. The monoisotopic (exact) mass is 344 g/mol. The first-order valence-electron chi connectivity index (χ1n) is 8.46. The summed E-state index contributed by atoms with van der Waals surface area (Å²) < 4.78 is 0. The number of rotatable bonds is 6. The van der Waals surface area contributed by atoms with Gasteiger partial charge in [-0.05, 0) is 55.9 Å². The number of nitrogens with one attached hydrogen (secondary N) is 2. The molecule has 2 aromatic heterocycles. The van der Waals surface area contributed by atoms with Crippen molar-refractivity contribution in [1.29, 1.82) is 0 Å². The molecule has 0 saturated carbocycles. The Bertz CT molecular complexity index is 626. The number of thiophene rings is 1. The first kappa shape index (κ1) is 16.9. The van der Waals surface area contributed by atoms with Crippen molar-refractivity contribution in [1.82, 2.24) is 20.5 Å². The molecular formula is C18H24N4OS. The van der Waals surface area contributed by atoms with Crippen molar-refractivity contribution in [2.24, 2.45) is 0 Å². The van der Waals surface area contributed by atoms with E-state index >= 15 is 0 Å². The molecule has 5 nitrogen and oxygen atoms in total. The van der Waals surface area contributed by atoms with E-state index in [1.165, 1.54) is 17.7 Å². The Kier molecular flexibility index (Phi) is 5.82. The highest BCUT2D eigenvalue weighted by Crippen LogP contribution is 2.27. The molecule has 3 rings (SSSR count). The van der Waals surface area contributed by atoms with Crippen molar-refractivity contribution >= 4 is 17.4 Å². The number of likely N-dealkylation sites (tertiary alicyclic amines) is 1. The quantitative estimate of drug-likeness (QED) is 0.845. The molecule has 2 unspecified atom stereocenters. The van der Waals surface area contributed by atoms with E-state index in [4.69, 9.17) is 0 Å². The number of aromatic nitrogens is 1. The SMILES string of the molecule is CC(NC(=O)NCC(c1cccs1)N1CCCC1)c1cccnc1. The van der Waals surface area contributed by atoms with Crippen LogP contribution < -0.4 is 10.6 Å². The zero-order valence-corrected chi connectivity index (χ0v) is 14.8. The smallest absolute Gasteiger partial charge is 0.315 e. The van der Waals surface area contributed by atoms with Gasteiger partial charge in [0.2, 0.25) is 0 Å². The Morgan fingerprint density at radius 1 is 1.33 bits per heavy atom. The van der Waals surface area contributed by atoms with Crippen molar-refractivity contribution < 1.29 is 4.79 Å². The minimum absolute atomic E-state index is 0.0642. The van der Waals surface area contributed by atoms with Crippen molar-refractivity contribution in [2.45, 2.75) is 31.8 Å². The molecule has 1 fully saturated rings. The summed E-state index contributed by atoms with van der Waals surface area (Å²) >= 11 is 1.76. The van der Waals surface area contributed by atoms with Crippen LogP contribution in [-0.4, -0.2) is 35.5 Å². The summed E-state index contributed by atoms with van der Waals surface area (Å²) in [5.74, 6) is 0. The predicted octanol–water partition coefficient (Wildman–Crippen LogP) is 3.34. The van der Waals surface area contributed by atoms with Gasteiger partial charge >= 0.3 is 6.03 Å².